The van der Waals surface area contributed by atoms with Gasteiger partial charge in [-0.15, -0.1) is 0 Å². The number of nitrogens with one attached hydrogen (secondary N) is 1. The highest BCUT2D eigenvalue weighted by Gasteiger charge is 2.05. The molecule has 0 spiro atoms. The number of para-hydroxylation sites is 1. The molecule has 4 heteroatoms. The molecular weight excluding hydrogens is 282 g/mol. The molecule has 0 atom stereocenters. The standard InChI is InChI=1S/C17H12ClN3/c1-11-5-6-12-3-2-4-16(17(12)20-11)21-14-8-7-13(10-19)15(18)9-14/h2-9,21H,1H3. The number of nitriles is 1. The van der Waals surface area contributed by atoms with Crippen LogP contribution in [0.25, 0.3) is 10.9 Å². The number of aryl methyl sites for hydroxylation is 1. The second-order valence-electron chi connectivity index (χ2n) is 4.76. The highest BCUT2D eigenvalue weighted by Crippen LogP contribution is 2.27. The van der Waals surface area contributed by atoms with Gasteiger partial charge in [-0.1, -0.05) is 29.8 Å². The van der Waals surface area contributed by atoms with Crippen LogP contribution in [0.2, 0.25) is 5.02 Å². The van der Waals surface area contributed by atoms with Crippen LogP contribution >= 0.6 is 11.6 Å². The van der Waals surface area contributed by atoms with E-state index in [-0.39, 0.29) is 0 Å². The Morgan fingerprint density at radius 1 is 1.14 bits per heavy atom. The second kappa shape index (κ2) is 5.43. The molecule has 0 saturated carbocycles. The van der Waals surface area contributed by atoms with Gasteiger partial charge in [0.2, 0.25) is 0 Å². The summed E-state index contributed by atoms with van der Waals surface area (Å²) in [5.74, 6) is 0. The average Bonchev–Trinajstić information content (AvgIpc) is 2.48. The molecule has 1 aromatic heterocycles. The molecule has 0 fully saturated rings. The van der Waals surface area contributed by atoms with Crippen molar-refractivity contribution in [2.24, 2.45) is 0 Å². The van der Waals surface area contributed by atoms with Crippen molar-refractivity contribution < 1.29 is 0 Å². The minimum Gasteiger partial charge on any atom is -0.354 e. The highest BCUT2D eigenvalue weighted by molar-refractivity contribution is 6.32. The molecule has 1 N–H and O–H groups in total. The van der Waals surface area contributed by atoms with E-state index in [1.807, 2.05) is 37.3 Å². The quantitative estimate of drug-likeness (QED) is 0.737. The molecule has 0 radical (unpaired) electrons. The predicted molar refractivity (Wildman–Crippen MR) is 85.9 cm³/mol. The third kappa shape index (κ3) is 2.67. The van der Waals surface area contributed by atoms with E-state index in [9.17, 15) is 0 Å². The number of halogens is 1. The molecule has 3 nitrogen and oxygen atoms in total. The van der Waals surface area contributed by atoms with E-state index in [2.05, 4.69) is 22.4 Å². The van der Waals surface area contributed by atoms with Crippen LogP contribution in [0.4, 0.5) is 11.4 Å². The lowest BCUT2D eigenvalue weighted by atomic mass is 10.1. The van der Waals surface area contributed by atoms with E-state index in [0.717, 1.165) is 28.0 Å². The minimum absolute atomic E-state index is 0.437. The number of benzene rings is 2. The van der Waals surface area contributed by atoms with Crippen molar-refractivity contribution in [3.63, 3.8) is 0 Å². The fraction of sp³-hybridized carbons (Fsp3) is 0.0588. The van der Waals surface area contributed by atoms with Crippen LogP contribution in [-0.4, -0.2) is 4.98 Å². The molecule has 0 amide bonds. The van der Waals surface area contributed by atoms with Crippen molar-refractivity contribution in [2.75, 3.05) is 5.32 Å². The summed E-state index contributed by atoms with van der Waals surface area (Å²) in [7, 11) is 0. The van der Waals surface area contributed by atoms with Crippen molar-refractivity contribution in [3.05, 3.63) is 64.8 Å². The van der Waals surface area contributed by atoms with Gasteiger partial charge in [0.05, 0.1) is 21.8 Å². The third-order valence-corrected chi connectivity index (χ3v) is 3.54. The van der Waals surface area contributed by atoms with E-state index >= 15 is 0 Å². The third-order valence-electron chi connectivity index (χ3n) is 3.23. The Morgan fingerprint density at radius 3 is 2.76 bits per heavy atom. The van der Waals surface area contributed by atoms with Crippen LogP contribution in [-0.2, 0) is 0 Å². The molecule has 3 aromatic rings. The van der Waals surface area contributed by atoms with Gasteiger partial charge in [0, 0.05) is 16.8 Å². The summed E-state index contributed by atoms with van der Waals surface area (Å²) in [5, 5.41) is 13.7. The molecule has 3 rings (SSSR count). The van der Waals surface area contributed by atoms with Gasteiger partial charge in [-0.3, -0.25) is 4.98 Å². The summed E-state index contributed by atoms with van der Waals surface area (Å²) in [6, 6.07) is 17.4. The number of aromatic nitrogens is 1. The summed E-state index contributed by atoms with van der Waals surface area (Å²) < 4.78 is 0. The van der Waals surface area contributed by atoms with Crippen molar-refractivity contribution >= 4 is 33.9 Å². The maximum absolute atomic E-state index is 8.91. The van der Waals surface area contributed by atoms with Crippen LogP contribution in [0.5, 0.6) is 0 Å². The molecule has 21 heavy (non-hydrogen) atoms. The Bertz CT molecular complexity index is 866. The predicted octanol–water partition coefficient (Wildman–Crippen LogP) is 4.81. The van der Waals surface area contributed by atoms with Gasteiger partial charge in [0.15, 0.2) is 0 Å². The molecule has 0 aliphatic heterocycles. The smallest absolute Gasteiger partial charge is 0.101 e. The molecule has 0 aliphatic rings. The van der Waals surface area contributed by atoms with Crippen molar-refractivity contribution in [2.45, 2.75) is 6.92 Å². The number of hydrogen-bond donors (Lipinski definition) is 1. The molecule has 1 heterocycles. The first-order valence-corrected chi connectivity index (χ1v) is 6.88. The number of anilines is 2. The van der Waals surface area contributed by atoms with Gasteiger partial charge in [0.1, 0.15) is 6.07 Å². The van der Waals surface area contributed by atoms with Crippen LogP contribution in [0.15, 0.2) is 48.5 Å². The summed E-state index contributed by atoms with van der Waals surface area (Å²) in [4.78, 5) is 4.58. The van der Waals surface area contributed by atoms with E-state index in [0.29, 0.717) is 10.6 Å². The van der Waals surface area contributed by atoms with E-state index in [1.54, 1.807) is 12.1 Å². The first-order chi connectivity index (χ1) is 10.2. The monoisotopic (exact) mass is 293 g/mol. The van der Waals surface area contributed by atoms with Gasteiger partial charge >= 0.3 is 0 Å². The fourth-order valence-corrected chi connectivity index (χ4v) is 2.41. The number of fused-ring (bicyclic) bond motifs is 1. The number of nitrogens with zero attached hydrogens (tertiary/aromatic N) is 2. The molecule has 2 aromatic carbocycles. The van der Waals surface area contributed by atoms with Gasteiger partial charge in [-0.05, 0) is 37.3 Å². The number of rotatable bonds is 2. The Labute approximate surface area is 127 Å². The first kappa shape index (κ1) is 13.4. The Morgan fingerprint density at radius 2 is 2.00 bits per heavy atom. The summed E-state index contributed by atoms with van der Waals surface area (Å²) in [6.45, 7) is 1.97. The second-order valence-corrected chi connectivity index (χ2v) is 5.17. The largest absolute Gasteiger partial charge is 0.354 e. The molecule has 0 bridgehead atoms. The van der Waals surface area contributed by atoms with Crippen LogP contribution in [0, 0.1) is 18.3 Å². The molecule has 0 aliphatic carbocycles. The van der Waals surface area contributed by atoms with E-state index < -0.39 is 0 Å². The zero-order valence-electron chi connectivity index (χ0n) is 11.4. The van der Waals surface area contributed by atoms with Crippen molar-refractivity contribution in [3.8, 4) is 6.07 Å². The lowest BCUT2D eigenvalue weighted by Crippen LogP contribution is -1.94. The van der Waals surface area contributed by atoms with E-state index in [1.165, 1.54) is 0 Å². The van der Waals surface area contributed by atoms with Crippen molar-refractivity contribution in [1.29, 1.82) is 5.26 Å². The van der Waals surface area contributed by atoms with Gasteiger partial charge < -0.3 is 5.32 Å². The highest BCUT2D eigenvalue weighted by atomic mass is 35.5. The Kier molecular flexibility index (Phi) is 3.47. The molecule has 0 saturated heterocycles. The number of pyridine rings is 1. The number of hydrogen-bond acceptors (Lipinski definition) is 3. The maximum Gasteiger partial charge on any atom is 0.101 e. The zero-order chi connectivity index (χ0) is 14.8. The Balaban J connectivity index is 2.04. The summed E-state index contributed by atoms with van der Waals surface area (Å²) >= 11 is 6.06. The molecular formula is C17H12ClN3. The van der Waals surface area contributed by atoms with Crippen molar-refractivity contribution in [1.82, 2.24) is 4.98 Å². The SMILES string of the molecule is Cc1ccc2cccc(Nc3ccc(C#N)c(Cl)c3)c2n1. The lowest BCUT2D eigenvalue weighted by Gasteiger charge is -2.10. The zero-order valence-corrected chi connectivity index (χ0v) is 12.1. The molecule has 0 unspecified atom stereocenters. The van der Waals surface area contributed by atoms with Gasteiger partial charge in [-0.25, -0.2) is 0 Å². The summed E-state index contributed by atoms with van der Waals surface area (Å²) in [6.07, 6.45) is 0. The fourth-order valence-electron chi connectivity index (χ4n) is 2.18. The van der Waals surface area contributed by atoms with Crippen LogP contribution < -0.4 is 5.32 Å². The van der Waals surface area contributed by atoms with Crippen LogP contribution in [0.3, 0.4) is 0 Å². The lowest BCUT2D eigenvalue weighted by molar-refractivity contribution is 1.25. The van der Waals surface area contributed by atoms with Crippen LogP contribution in [0.1, 0.15) is 11.3 Å². The molecule has 102 valence electrons. The average molecular weight is 294 g/mol. The maximum atomic E-state index is 8.91. The summed E-state index contributed by atoms with van der Waals surface area (Å²) in [5.41, 5.74) is 4.09. The van der Waals surface area contributed by atoms with E-state index in [4.69, 9.17) is 16.9 Å². The minimum atomic E-state index is 0.437. The van der Waals surface area contributed by atoms with Gasteiger partial charge in [-0.2, -0.15) is 5.26 Å². The normalized spacial score (nSPS) is 10.3. The topological polar surface area (TPSA) is 48.7 Å². The first-order valence-electron chi connectivity index (χ1n) is 6.50. The Hall–Kier alpha value is -2.57. The van der Waals surface area contributed by atoms with Gasteiger partial charge in [0.25, 0.3) is 0 Å².